The molecule has 1 unspecified atom stereocenters. The number of hydrogen-bond acceptors (Lipinski definition) is 6. The van der Waals surface area contributed by atoms with Gasteiger partial charge in [0.2, 0.25) is 0 Å². The largest absolute Gasteiger partial charge is 0.462 e. The fraction of sp³-hybridized carbons (Fsp3) is 0.885. The molecule has 0 aromatic heterocycles. The van der Waals surface area contributed by atoms with Crippen LogP contribution in [0.25, 0.3) is 0 Å². The molecule has 0 radical (unpaired) electrons. The summed E-state index contributed by atoms with van der Waals surface area (Å²) >= 11 is 0. The zero-order valence-corrected chi connectivity index (χ0v) is 45.2. The lowest BCUT2D eigenvalue weighted by molar-refractivity contribution is -0.167. The molecule has 0 amide bonds. The molecular formula is C61H114O6. The summed E-state index contributed by atoms with van der Waals surface area (Å²) in [5.74, 6) is -0.863. The molecule has 0 spiro atoms. The third-order valence-corrected chi connectivity index (χ3v) is 13.5. The van der Waals surface area contributed by atoms with E-state index in [4.69, 9.17) is 14.2 Å². The molecule has 6 nitrogen and oxygen atoms in total. The van der Waals surface area contributed by atoms with Gasteiger partial charge in [0.25, 0.3) is 0 Å². The van der Waals surface area contributed by atoms with E-state index in [1.165, 1.54) is 212 Å². The average Bonchev–Trinajstić information content (AvgIpc) is 3.33. The molecule has 0 aliphatic carbocycles. The standard InChI is InChI=1S/C61H114O6/c1-4-7-10-13-16-19-22-25-27-29-30-31-32-33-35-36-39-42-45-48-51-54-60(63)66-57-58(56-65-59(62)53-50-47-44-41-38-24-21-18-15-12-9-6-3)67-61(64)55-52-49-46-43-40-37-34-28-26-23-20-17-14-11-8-5-2/h20,23,28,34,58H,4-19,21-22,24-27,29-33,35-57H2,1-3H3/b23-20-,34-28-. The molecule has 0 aliphatic rings. The van der Waals surface area contributed by atoms with Crippen molar-refractivity contribution in [2.45, 2.75) is 335 Å². The SMILES string of the molecule is CCCCCC/C=C\C/C=C\CCCCCCCC(=O)OC(COC(=O)CCCCCCCCCCCCCC)COC(=O)CCCCCCCCCCCCCCCCCCCCCCC. The summed E-state index contributed by atoms with van der Waals surface area (Å²) < 4.78 is 16.9. The summed E-state index contributed by atoms with van der Waals surface area (Å²) in [5, 5.41) is 0. The Labute approximate surface area is 417 Å². The van der Waals surface area contributed by atoms with E-state index in [9.17, 15) is 14.4 Å². The van der Waals surface area contributed by atoms with E-state index in [2.05, 4.69) is 45.1 Å². The van der Waals surface area contributed by atoms with Gasteiger partial charge in [0.05, 0.1) is 0 Å². The molecule has 0 fully saturated rings. The number of hydrogen-bond donors (Lipinski definition) is 0. The number of rotatable bonds is 55. The van der Waals surface area contributed by atoms with Crippen LogP contribution in [0.3, 0.4) is 0 Å². The van der Waals surface area contributed by atoms with Crippen molar-refractivity contribution in [2.24, 2.45) is 0 Å². The smallest absolute Gasteiger partial charge is 0.306 e. The maximum absolute atomic E-state index is 12.8. The van der Waals surface area contributed by atoms with Crippen LogP contribution < -0.4 is 0 Å². The maximum Gasteiger partial charge on any atom is 0.306 e. The zero-order valence-electron chi connectivity index (χ0n) is 45.2. The lowest BCUT2D eigenvalue weighted by Crippen LogP contribution is -2.30. The minimum atomic E-state index is -0.773. The number of allylic oxidation sites excluding steroid dienone is 4. The van der Waals surface area contributed by atoms with Crippen molar-refractivity contribution in [3.63, 3.8) is 0 Å². The van der Waals surface area contributed by atoms with Gasteiger partial charge >= 0.3 is 17.9 Å². The molecule has 0 N–H and O–H groups in total. The number of esters is 3. The zero-order chi connectivity index (χ0) is 48.6. The Morgan fingerprint density at radius 3 is 0.836 bits per heavy atom. The van der Waals surface area contributed by atoms with Crippen molar-refractivity contribution in [2.75, 3.05) is 13.2 Å². The molecule has 0 saturated carbocycles. The first-order chi connectivity index (χ1) is 33.0. The van der Waals surface area contributed by atoms with Crippen LogP contribution in [0.4, 0.5) is 0 Å². The predicted octanol–water partition coefficient (Wildman–Crippen LogP) is 19.9. The van der Waals surface area contributed by atoms with Crippen molar-refractivity contribution in [3.8, 4) is 0 Å². The number of ether oxygens (including phenoxy) is 3. The van der Waals surface area contributed by atoms with Gasteiger partial charge in [0.15, 0.2) is 6.10 Å². The lowest BCUT2D eigenvalue weighted by Gasteiger charge is -2.18. The first-order valence-corrected chi connectivity index (χ1v) is 29.8. The highest BCUT2D eigenvalue weighted by atomic mass is 16.6. The first-order valence-electron chi connectivity index (χ1n) is 29.8. The normalized spacial score (nSPS) is 12.1. The maximum atomic E-state index is 12.8. The summed E-state index contributed by atoms with van der Waals surface area (Å²) in [7, 11) is 0. The summed E-state index contributed by atoms with van der Waals surface area (Å²) in [6, 6.07) is 0. The second kappa shape index (κ2) is 56.5. The topological polar surface area (TPSA) is 78.9 Å². The number of carbonyl (C=O) groups excluding carboxylic acids is 3. The van der Waals surface area contributed by atoms with Crippen LogP contribution in [0, 0.1) is 0 Å². The van der Waals surface area contributed by atoms with Crippen LogP contribution >= 0.6 is 0 Å². The van der Waals surface area contributed by atoms with Gasteiger partial charge in [-0.3, -0.25) is 14.4 Å². The third-order valence-electron chi connectivity index (χ3n) is 13.5. The van der Waals surface area contributed by atoms with Crippen LogP contribution in [0.2, 0.25) is 0 Å². The summed E-state index contributed by atoms with van der Waals surface area (Å²) in [6.45, 7) is 6.66. The van der Waals surface area contributed by atoms with Crippen LogP contribution in [-0.4, -0.2) is 37.2 Å². The van der Waals surface area contributed by atoms with Gasteiger partial charge in [-0.25, -0.2) is 0 Å². The highest BCUT2D eigenvalue weighted by molar-refractivity contribution is 5.71. The summed E-state index contributed by atoms with van der Waals surface area (Å²) in [6.07, 6.45) is 66.0. The highest BCUT2D eigenvalue weighted by Gasteiger charge is 2.19. The molecule has 6 heteroatoms. The minimum Gasteiger partial charge on any atom is -0.462 e. The van der Waals surface area contributed by atoms with Gasteiger partial charge in [0.1, 0.15) is 13.2 Å². The van der Waals surface area contributed by atoms with Crippen molar-refractivity contribution in [3.05, 3.63) is 24.3 Å². The van der Waals surface area contributed by atoms with Crippen LogP contribution in [0.5, 0.6) is 0 Å². The van der Waals surface area contributed by atoms with Crippen molar-refractivity contribution < 1.29 is 28.6 Å². The Bertz CT molecular complexity index is 1080. The van der Waals surface area contributed by atoms with Crippen molar-refractivity contribution in [1.82, 2.24) is 0 Å². The quantitative estimate of drug-likeness (QED) is 0.0262. The van der Waals surface area contributed by atoms with Gasteiger partial charge in [0, 0.05) is 19.3 Å². The Hall–Kier alpha value is -2.11. The monoisotopic (exact) mass is 943 g/mol. The second-order valence-electron chi connectivity index (χ2n) is 20.3. The van der Waals surface area contributed by atoms with Gasteiger partial charge in [-0.05, 0) is 51.4 Å². The number of carbonyl (C=O) groups is 3. The van der Waals surface area contributed by atoms with Crippen LogP contribution in [0.15, 0.2) is 24.3 Å². The van der Waals surface area contributed by atoms with Crippen molar-refractivity contribution in [1.29, 1.82) is 0 Å². The Morgan fingerprint density at radius 2 is 0.537 bits per heavy atom. The molecule has 0 saturated heterocycles. The molecule has 0 aromatic rings. The Morgan fingerprint density at radius 1 is 0.299 bits per heavy atom. The molecule has 0 bridgehead atoms. The highest BCUT2D eigenvalue weighted by Crippen LogP contribution is 2.17. The van der Waals surface area contributed by atoms with E-state index in [1.54, 1.807) is 0 Å². The van der Waals surface area contributed by atoms with Crippen LogP contribution in [0.1, 0.15) is 329 Å². The molecule has 0 aliphatic heterocycles. The first kappa shape index (κ1) is 64.9. The molecule has 0 rings (SSSR count). The fourth-order valence-corrected chi connectivity index (χ4v) is 8.95. The summed E-state index contributed by atoms with van der Waals surface area (Å²) in [5.41, 5.74) is 0. The molecule has 67 heavy (non-hydrogen) atoms. The molecule has 0 heterocycles. The fourth-order valence-electron chi connectivity index (χ4n) is 8.95. The molecule has 0 aromatic carbocycles. The molecule has 1 atom stereocenters. The van der Waals surface area contributed by atoms with E-state index < -0.39 is 6.10 Å². The second-order valence-corrected chi connectivity index (χ2v) is 20.3. The minimum absolute atomic E-state index is 0.0714. The van der Waals surface area contributed by atoms with E-state index in [1.807, 2.05) is 0 Å². The Balaban J connectivity index is 4.28. The van der Waals surface area contributed by atoms with E-state index in [-0.39, 0.29) is 31.1 Å². The number of unbranched alkanes of at least 4 members (excludes halogenated alkanes) is 40. The molecular weight excluding hydrogens is 829 g/mol. The van der Waals surface area contributed by atoms with E-state index in [0.717, 1.165) is 77.0 Å². The third kappa shape index (κ3) is 54.7. The average molecular weight is 944 g/mol. The van der Waals surface area contributed by atoms with Gasteiger partial charge in [-0.1, -0.05) is 283 Å². The van der Waals surface area contributed by atoms with E-state index >= 15 is 0 Å². The Kier molecular flexibility index (Phi) is 54.7. The van der Waals surface area contributed by atoms with Gasteiger partial charge < -0.3 is 14.2 Å². The van der Waals surface area contributed by atoms with Crippen LogP contribution in [-0.2, 0) is 28.6 Å². The van der Waals surface area contributed by atoms with Gasteiger partial charge in [-0.2, -0.15) is 0 Å². The predicted molar refractivity (Wildman–Crippen MR) is 289 cm³/mol. The summed E-state index contributed by atoms with van der Waals surface area (Å²) in [4.78, 5) is 38.1. The van der Waals surface area contributed by atoms with E-state index in [0.29, 0.717) is 19.3 Å². The van der Waals surface area contributed by atoms with Crippen molar-refractivity contribution >= 4 is 17.9 Å². The van der Waals surface area contributed by atoms with Gasteiger partial charge in [-0.15, -0.1) is 0 Å². The lowest BCUT2D eigenvalue weighted by atomic mass is 10.0. The molecule has 394 valence electrons.